The molecule has 0 radical (unpaired) electrons. The van der Waals surface area contributed by atoms with Crippen LogP contribution in [-0.2, 0) is 9.59 Å². The summed E-state index contributed by atoms with van der Waals surface area (Å²) in [6.07, 6.45) is 0. The summed E-state index contributed by atoms with van der Waals surface area (Å²) in [6, 6.07) is 4.32. The lowest BCUT2D eigenvalue weighted by Gasteiger charge is -2.17. The molecular formula is C13H18N2O4S. The van der Waals surface area contributed by atoms with Crippen LogP contribution in [-0.4, -0.2) is 37.8 Å². The molecule has 0 saturated carbocycles. The van der Waals surface area contributed by atoms with E-state index in [4.69, 9.17) is 9.47 Å². The Bertz CT molecular complexity index is 493. The van der Waals surface area contributed by atoms with Gasteiger partial charge >= 0.3 is 0 Å². The van der Waals surface area contributed by atoms with E-state index in [2.05, 4.69) is 23.3 Å². The first kappa shape index (κ1) is 16.2. The lowest BCUT2D eigenvalue weighted by atomic mass is 10.2. The molecule has 2 amide bonds. The molecule has 1 aromatic carbocycles. The van der Waals surface area contributed by atoms with Crippen LogP contribution in [0.5, 0.6) is 11.5 Å². The van der Waals surface area contributed by atoms with E-state index in [-0.39, 0.29) is 17.6 Å². The summed E-state index contributed by atoms with van der Waals surface area (Å²) in [7, 11) is 3.04. The number of carbonyl (C=O) groups is 2. The van der Waals surface area contributed by atoms with E-state index in [1.807, 2.05) is 0 Å². The topological polar surface area (TPSA) is 76.7 Å². The molecule has 0 saturated heterocycles. The lowest BCUT2D eigenvalue weighted by molar-refractivity contribution is -0.124. The van der Waals surface area contributed by atoms with Crippen molar-refractivity contribution in [3.05, 3.63) is 18.2 Å². The smallest absolute Gasteiger partial charge is 0.247 e. The Hall–Kier alpha value is -1.89. The average Bonchev–Trinajstić information content (AvgIpc) is 2.44. The van der Waals surface area contributed by atoms with Crippen LogP contribution in [0.25, 0.3) is 0 Å². The molecule has 0 fully saturated rings. The van der Waals surface area contributed by atoms with Crippen molar-refractivity contribution >= 4 is 30.1 Å². The van der Waals surface area contributed by atoms with Crippen molar-refractivity contribution in [3.8, 4) is 11.5 Å². The number of carbonyl (C=O) groups excluding carboxylic acids is 2. The van der Waals surface area contributed by atoms with Crippen LogP contribution in [0, 0.1) is 0 Å². The van der Waals surface area contributed by atoms with Gasteiger partial charge in [0.25, 0.3) is 0 Å². The molecule has 6 nitrogen and oxygen atoms in total. The number of anilines is 1. The highest BCUT2D eigenvalue weighted by Gasteiger charge is 2.19. The largest absolute Gasteiger partial charge is 0.497 e. The van der Waals surface area contributed by atoms with Gasteiger partial charge < -0.3 is 20.1 Å². The number of hydrogen-bond donors (Lipinski definition) is 3. The minimum absolute atomic E-state index is 0.198. The molecule has 0 aliphatic carbocycles. The van der Waals surface area contributed by atoms with Gasteiger partial charge in [0, 0.05) is 18.7 Å². The summed E-state index contributed by atoms with van der Waals surface area (Å²) >= 11 is 4.05. The maximum absolute atomic E-state index is 12.0. The molecule has 1 rings (SSSR count). The zero-order valence-corrected chi connectivity index (χ0v) is 12.5. The molecule has 0 aromatic heterocycles. The van der Waals surface area contributed by atoms with E-state index in [1.165, 1.54) is 14.0 Å². The molecule has 0 aliphatic heterocycles. The van der Waals surface area contributed by atoms with Crippen LogP contribution in [0.2, 0.25) is 0 Å². The molecule has 1 unspecified atom stereocenters. The van der Waals surface area contributed by atoms with Gasteiger partial charge in [0.05, 0.1) is 19.9 Å². The number of amides is 2. The van der Waals surface area contributed by atoms with Crippen LogP contribution >= 0.6 is 12.6 Å². The zero-order valence-electron chi connectivity index (χ0n) is 11.6. The Morgan fingerprint density at radius 2 is 2.00 bits per heavy atom. The predicted octanol–water partition coefficient (Wildman–Crippen LogP) is 1.08. The van der Waals surface area contributed by atoms with E-state index in [1.54, 1.807) is 25.3 Å². The molecular weight excluding hydrogens is 280 g/mol. The van der Waals surface area contributed by atoms with Crippen molar-refractivity contribution in [3.63, 3.8) is 0 Å². The first-order valence-corrected chi connectivity index (χ1v) is 6.56. The van der Waals surface area contributed by atoms with E-state index < -0.39 is 6.04 Å². The third-order valence-electron chi connectivity index (χ3n) is 2.54. The van der Waals surface area contributed by atoms with Crippen LogP contribution in [0.4, 0.5) is 5.69 Å². The van der Waals surface area contributed by atoms with Gasteiger partial charge in [-0.25, -0.2) is 0 Å². The SMILES string of the molecule is COc1ccc(NC(=O)C(CS)NC(C)=O)c(OC)c1. The molecule has 7 heteroatoms. The monoisotopic (exact) mass is 298 g/mol. The zero-order chi connectivity index (χ0) is 15.1. The Kier molecular flexibility index (Phi) is 6.17. The predicted molar refractivity (Wildman–Crippen MR) is 79.6 cm³/mol. The van der Waals surface area contributed by atoms with E-state index in [0.717, 1.165) is 0 Å². The molecule has 1 aromatic rings. The van der Waals surface area contributed by atoms with E-state index in [0.29, 0.717) is 17.2 Å². The molecule has 0 aliphatic rings. The second kappa shape index (κ2) is 7.64. The van der Waals surface area contributed by atoms with Gasteiger partial charge in [-0.3, -0.25) is 9.59 Å². The van der Waals surface area contributed by atoms with Gasteiger partial charge in [-0.2, -0.15) is 12.6 Å². The van der Waals surface area contributed by atoms with Gasteiger partial charge in [0.1, 0.15) is 17.5 Å². The number of rotatable bonds is 6. The standard InChI is InChI=1S/C13H18N2O4S/c1-8(16)14-11(7-20)13(17)15-10-5-4-9(18-2)6-12(10)19-3/h4-6,11,20H,7H2,1-3H3,(H,14,16)(H,15,17). The summed E-state index contributed by atoms with van der Waals surface area (Å²) < 4.78 is 10.3. The highest BCUT2D eigenvalue weighted by atomic mass is 32.1. The summed E-state index contributed by atoms with van der Waals surface area (Å²) in [5.74, 6) is 0.634. The summed E-state index contributed by atoms with van der Waals surface area (Å²) in [6.45, 7) is 1.34. The van der Waals surface area contributed by atoms with Crippen LogP contribution in [0.3, 0.4) is 0 Å². The van der Waals surface area contributed by atoms with Crippen molar-refractivity contribution in [2.45, 2.75) is 13.0 Å². The third-order valence-corrected chi connectivity index (χ3v) is 2.91. The second-order valence-corrected chi connectivity index (χ2v) is 4.36. The molecule has 20 heavy (non-hydrogen) atoms. The highest BCUT2D eigenvalue weighted by molar-refractivity contribution is 7.80. The van der Waals surface area contributed by atoms with E-state index >= 15 is 0 Å². The van der Waals surface area contributed by atoms with Crippen LogP contribution in [0.1, 0.15) is 6.92 Å². The number of ether oxygens (including phenoxy) is 2. The highest BCUT2D eigenvalue weighted by Crippen LogP contribution is 2.29. The van der Waals surface area contributed by atoms with Gasteiger partial charge in [-0.05, 0) is 12.1 Å². The first-order chi connectivity index (χ1) is 9.51. The Balaban J connectivity index is 2.86. The summed E-state index contributed by atoms with van der Waals surface area (Å²) in [5.41, 5.74) is 0.496. The normalized spacial score (nSPS) is 11.4. The minimum atomic E-state index is -0.706. The third kappa shape index (κ3) is 4.34. The van der Waals surface area contributed by atoms with Crippen molar-refractivity contribution in [2.75, 3.05) is 25.3 Å². The average molecular weight is 298 g/mol. The van der Waals surface area contributed by atoms with Crippen LogP contribution < -0.4 is 20.1 Å². The summed E-state index contributed by atoms with van der Waals surface area (Å²) in [4.78, 5) is 23.1. The fourth-order valence-electron chi connectivity index (χ4n) is 1.56. The minimum Gasteiger partial charge on any atom is -0.497 e. The van der Waals surface area contributed by atoms with Crippen LogP contribution in [0.15, 0.2) is 18.2 Å². The number of methoxy groups -OCH3 is 2. The Morgan fingerprint density at radius 3 is 2.50 bits per heavy atom. The quantitative estimate of drug-likeness (QED) is 0.687. The van der Waals surface area contributed by atoms with Gasteiger partial charge in [-0.1, -0.05) is 0 Å². The number of nitrogens with one attached hydrogen (secondary N) is 2. The second-order valence-electron chi connectivity index (χ2n) is 3.99. The van der Waals surface area contributed by atoms with Gasteiger partial charge in [-0.15, -0.1) is 0 Å². The fraction of sp³-hybridized carbons (Fsp3) is 0.385. The number of benzene rings is 1. The fourth-order valence-corrected chi connectivity index (χ4v) is 1.82. The van der Waals surface area contributed by atoms with Crippen molar-refractivity contribution in [2.24, 2.45) is 0 Å². The molecule has 2 N–H and O–H groups in total. The van der Waals surface area contributed by atoms with Crippen molar-refractivity contribution < 1.29 is 19.1 Å². The van der Waals surface area contributed by atoms with Crippen molar-refractivity contribution in [1.29, 1.82) is 0 Å². The Morgan fingerprint density at radius 1 is 1.30 bits per heavy atom. The molecule has 0 spiro atoms. The maximum atomic E-state index is 12.0. The molecule has 1 atom stereocenters. The molecule has 110 valence electrons. The molecule has 0 bridgehead atoms. The first-order valence-electron chi connectivity index (χ1n) is 5.92. The van der Waals surface area contributed by atoms with Crippen molar-refractivity contribution in [1.82, 2.24) is 5.32 Å². The lowest BCUT2D eigenvalue weighted by Crippen LogP contribution is -2.44. The maximum Gasteiger partial charge on any atom is 0.247 e. The van der Waals surface area contributed by atoms with Gasteiger partial charge in [0.2, 0.25) is 11.8 Å². The number of hydrogen-bond acceptors (Lipinski definition) is 5. The van der Waals surface area contributed by atoms with E-state index in [9.17, 15) is 9.59 Å². The Labute approximate surface area is 123 Å². The summed E-state index contributed by atoms with van der Waals surface area (Å²) in [5, 5.41) is 5.20. The number of thiol groups is 1. The molecule has 0 heterocycles. The van der Waals surface area contributed by atoms with Gasteiger partial charge in [0.15, 0.2) is 0 Å².